The van der Waals surface area contributed by atoms with Crippen molar-refractivity contribution in [2.24, 2.45) is 0 Å². The monoisotopic (exact) mass is 390 g/mol. The van der Waals surface area contributed by atoms with Gasteiger partial charge in [-0.25, -0.2) is 0 Å². The van der Waals surface area contributed by atoms with Gasteiger partial charge in [0.2, 0.25) is 5.91 Å². The number of carbonyl (C=O) groups is 3. The third-order valence-corrected chi connectivity index (χ3v) is 4.77. The van der Waals surface area contributed by atoms with Gasteiger partial charge in [0.25, 0.3) is 11.8 Å². The summed E-state index contributed by atoms with van der Waals surface area (Å²) in [5.41, 5.74) is 1.99. The van der Waals surface area contributed by atoms with Crippen LogP contribution in [0.1, 0.15) is 31.8 Å². The molecule has 1 heterocycles. The molecule has 3 amide bonds. The van der Waals surface area contributed by atoms with Gasteiger partial charge in [-0.3, -0.25) is 19.3 Å². The lowest BCUT2D eigenvalue weighted by Gasteiger charge is -2.26. The number of fused-ring (bicyclic) bond motifs is 1. The summed E-state index contributed by atoms with van der Waals surface area (Å²) in [6, 6.07) is 15.7. The molecule has 0 aliphatic carbocycles. The molecule has 7 heteroatoms. The molecule has 0 radical (unpaired) electrons. The number of hydrogen-bond donors (Lipinski definition) is 0. The number of nitriles is 1. The first-order chi connectivity index (χ1) is 13.9. The highest BCUT2D eigenvalue weighted by atomic mass is 16.2. The van der Waals surface area contributed by atoms with Crippen molar-refractivity contribution in [3.05, 3.63) is 70.8 Å². The first-order valence-corrected chi connectivity index (χ1v) is 9.27. The molecule has 0 bridgehead atoms. The Balaban J connectivity index is 1.77. The number of benzene rings is 2. The molecule has 7 nitrogen and oxygen atoms in total. The lowest BCUT2D eigenvalue weighted by molar-refractivity contribution is -0.132. The van der Waals surface area contributed by atoms with Crippen LogP contribution in [-0.4, -0.2) is 66.2 Å². The quantitative estimate of drug-likeness (QED) is 0.673. The maximum atomic E-state index is 13.0. The van der Waals surface area contributed by atoms with Gasteiger partial charge in [-0.1, -0.05) is 24.3 Å². The van der Waals surface area contributed by atoms with Crippen molar-refractivity contribution >= 4 is 17.7 Å². The van der Waals surface area contributed by atoms with Crippen molar-refractivity contribution in [2.45, 2.75) is 6.54 Å². The average molecular weight is 390 g/mol. The maximum Gasteiger partial charge on any atom is 0.262 e. The Morgan fingerprint density at radius 1 is 1.00 bits per heavy atom. The molecule has 1 aliphatic rings. The van der Waals surface area contributed by atoms with Crippen LogP contribution in [0.4, 0.5) is 0 Å². The van der Waals surface area contributed by atoms with Crippen LogP contribution in [0.3, 0.4) is 0 Å². The topological polar surface area (TPSA) is 84.7 Å². The molecule has 0 atom stereocenters. The van der Waals surface area contributed by atoms with E-state index < -0.39 is 11.8 Å². The summed E-state index contributed by atoms with van der Waals surface area (Å²) >= 11 is 0. The van der Waals surface area contributed by atoms with Crippen molar-refractivity contribution in [1.82, 2.24) is 14.7 Å². The molecule has 0 aromatic heterocycles. The van der Waals surface area contributed by atoms with E-state index in [2.05, 4.69) is 6.07 Å². The number of imide groups is 1. The predicted octanol–water partition coefficient (Wildman–Crippen LogP) is 1.74. The second kappa shape index (κ2) is 8.67. The van der Waals surface area contributed by atoms with Gasteiger partial charge in [0, 0.05) is 19.6 Å². The van der Waals surface area contributed by atoms with E-state index >= 15 is 0 Å². The van der Waals surface area contributed by atoms with Crippen molar-refractivity contribution in [1.29, 1.82) is 5.26 Å². The van der Waals surface area contributed by atoms with Gasteiger partial charge in [-0.15, -0.1) is 0 Å². The fourth-order valence-corrected chi connectivity index (χ4v) is 3.19. The molecule has 1 aliphatic heterocycles. The normalized spacial score (nSPS) is 12.8. The highest BCUT2D eigenvalue weighted by Crippen LogP contribution is 2.22. The molecule has 0 saturated heterocycles. The van der Waals surface area contributed by atoms with Crippen LogP contribution in [0, 0.1) is 11.3 Å². The molecule has 29 heavy (non-hydrogen) atoms. The largest absolute Gasteiger partial charge is 0.336 e. The number of carbonyl (C=O) groups excluding carboxylic acids is 3. The molecule has 0 N–H and O–H groups in total. The summed E-state index contributed by atoms with van der Waals surface area (Å²) in [4.78, 5) is 42.7. The zero-order valence-corrected chi connectivity index (χ0v) is 16.5. The number of hydrogen-bond acceptors (Lipinski definition) is 5. The van der Waals surface area contributed by atoms with Crippen LogP contribution in [-0.2, 0) is 11.3 Å². The minimum Gasteiger partial charge on any atom is -0.336 e. The summed E-state index contributed by atoms with van der Waals surface area (Å²) in [6.07, 6.45) is 0. The first-order valence-electron chi connectivity index (χ1n) is 9.27. The van der Waals surface area contributed by atoms with E-state index in [0.29, 0.717) is 36.3 Å². The molecule has 2 aromatic carbocycles. The first kappa shape index (κ1) is 20.2. The Hall–Kier alpha value is -3.50. The van der Waals surface area contributed by atoms with Crippen LogP contribution < -0.4 is 0 Å². The van der Waals surface area contributed by atoms with E-state index in [9.17, 15) is 14.4 Å². The molecule has 3 rings (SSSR count). The number of rotatable bonds is 7. The van der Waals surface area contributed by atoms with E-state index in [1.54, 1.807) is 47.4 Å². The number of amides is 3. The van der Waals surface area contributed by atoms with Crippen LogP contribution in [0.5, 0.6) is 0 Å². The maximum absolute atomic E-state index is 13.0. The van der Waals surface area contributed by atoms with Gasteiger partial charge >= 0.3 is 0 Å². The highest BCUT2D eigenvalue weighted by molar-refractivity contribution is 6.22. The summed E-state index contributed by atoms with van der Waals surface area (Å²) in [6.45, 7) is 1.06. The molecule has 2 aromatic rings. The van der Waals surface area contributed by atoms with E-state index in [4.69, 9.17) is 5.26 Å². The van der Waals surface area contributed by atoms with Gasteiger partial charge in [-0.05, 0) is 43.9 Å². The van der Waals surface area contributed by atoms with E-state index in [0.717, 1.165) is 10.5 Å². The smallest absolute Gasteiger partial charge is 0.262 e. The Kier molecular flexibility index (Phi) is 6.05. The van der Waals surface area contributed by atoms with Gasteiger partial charge in [0.05, 0.1) is 22.8 Å². The van der Waals surface area contributed by atoms with Crippen molar-refractivity contribution in [3.63, 3.8) is 0 Å². The molecule has 0 fully saturated rings. The molecule has 0 unspecified atom stereocenters. The van der Waals surface area contributed by atoms with Crippen LogP contribution in [0.15, 0.2) is 48.5 Å². The number of likely N-dealkylation sites (N-methyl/N-ethyl adjacent to an activating group) is 1. The molecule has 0 spiro atoms. The Morgan fingerprint density at radius 2 is 1.66 bits per heavy atom. The number of nitrogens with zero attached hydrogens (tertiary/aromatic N) is 4. The standard InChI is InChI=1S/C22H22N4O3/c1-24(2)10-11-25(14-17-7-5-6-16(12-17)13-23)20(27)15-26-21(28)18-8-3-4-9-19(18)22(26)29/h3-9,12H,10-11,14-15H2,1-2H3. The highest BCUT2D eigenvalue weighted by Gasteiger charge is 2.37. The summed E-state index contributed by atoms with van der Waals surface area (Å²) < 4.78 is 0. The fraction of sp³-hybridized carbons (Fsp3) is 0.273. The molecular weight excluding hydrogens is 368 g/mol. The molecule has 0 saturated carbocycles. The van der Waals surface area contributed by atoms with E-state index in [1.807, 2.05) is 25.1 Å². The summed E-state index contributed by atoms with van der Waals surface area (Å²) in [7, 11) is 3.81. The lowest BCUT2D eigenvalue weighted by atomic mass is 10.1. The predicted molar refractivity (Wildman–Crippen MR) is 107 cm³/mol. The van der Waals surface area contributed by atoms with Crippen molar-refractivity contribution < 1.29 is 14.4 Å². The van der Waals surface area contributed by atoms with Gasteiger partial charge in [0.1, 0.15) is 6.54 Å². The van der Waals surface area contributed by atoms with Crippen molar-refractivity contribution in [3.8, 4) is 6.07 Å². The second-order valence-corrected chi connectivity index (χ2v) is 7.17. The van der Waals surface area contributed by atoms with Crippen LogP contribution >= 0.6 is 0 Å². The molecular formula is C22H22N4O3. The lowest BCUT2D eigenvalue weighted by Crippen LogP contribution is -2.44. The zero-order chi connectivity index (χ0) is 21.0. The Bertz CT molecular complexity index is 959. The zero-order valence-electron chi connectivity index (χ0n) is 16.5. The fourth-order valence-electron chi connectivity index (χ4n) is 3.19. The summed E-state index contributed by atoms with van der Waals surface area (Å²) in [5, 5.41) is 9.10. The Labute approximate surface area is 169 Å². The van der Waals surface area contributed by atoms with Gasteiger partial charge in [0.15, 0.2) is 0 Å². The summed E-state index contributed by atoms with van der Waals surface area (Å²) in [5.74, 6) is -1.21. The Morgan fingerprint density at radius 3 is 2.24 bits per heavy atom. The van der Waals surface area contributed by atoms with E-state index in [-0.39, 0.29) is 12.5 Å². The minimum absolute atomic E-state index is 0.297. The second-order valence-electron chi connectivity index (χ2n) is 7.17. The van der Waals surface area contributed by atoms with Crippen LogP contribution in [0.2, 0.25) is 0 Å². The minimum atomic E-state index is -0.446. The van der Waals surface area contributed by atoms with Gasteiger partial charge in [-0.2, -0.15) is 5.26 Å². The SMILES string of the molecule is CN(C)CCN(Cc1cccc(C#N)c1)C(=O)CN1C(=O)c2ccccc2C1=O. The van der Waals surface area contributed by atoms with E-state index in [1.165, 1.54) is 0 Å². The molecule has 148 valence electrons. The third kappa shape index (κ3) is 4.50. The van der Waals surface area contributed by atoms with Crippen molar-refractivity contribution in [2.75, 3.05) is 33.7 Å². The van der Waals surface area contributed by atoms with Crippen LogP contribution in [0.25, 0.3) is 0 Å². The van der Waals surface area contributed by atoms with Gasteiger partial charge < -0.3 is 9.80 Å². The average Bonchev–Trinajstić information content (AvgIpc) is 2.96. The third-order valence-electron chi connectivity index (χ3n) is 4.77.